The predicted molar refractivity (Wildman–Crippen MR) is 75.5 cm³/mol. The molecule has 1 atom stereocenters. The van der Waals surface area contributed by atoms with E-state index in [1.807, 2.05) is 6.07 Å². The Hall–Kier alpha value is -1.39. The van der Waals surface area contributed by atoms with Gasteiger partial charge in [-0.15, -0.1) is 13.2 Å². The molecule has 1 aliphatic carbocycles. The van der Waals surface area contributed by atoms with Crippen molar-refractivity contribution in [3.63, 3.8) is 0 Å². The summed E-state index contributed by atoms with van der Waals surface area (Å²) in [5, 5.41) is 3.09. The molecule has 1 saturated carbocycles. The molecule has 1 aromatic rings. The first-order valence-electron chi connectivity index (χ1n) is 7.65. The summed E-state index contributed by atoms with van der Waals surface area (Å²) in [5.74, 6) is 1.00. The fourth-order valence-corrected chi connectivity index (χ4v) is 3.62. The molecule has 1 unspecified atom stereocenters. The molecule has 1 heterocycles. The van der Waals surface area contributed by atoms with Crippen molar-refractivity contribution in [2.75, 3.05) is 11.9 Å². The minimum absolute atomic E-state index is 0.108. The van der Waals surface area contributed by atoms with Crippen LogP contribution in [-0.4, -0.2) is 12.9 Å². The van der Waals surface area contributed by atoms with Crippen LogP contribution >= 0.6 is 0 Å². The first kappa shape index (κ1) is 14.5. The molecule has 2 aliphatic rings. The van der Waals surface area contributed by atoms with Crippen LogP contribution in [0.3, 0.4) is 0 Å². The number of halogens is 3. The van der Waals surface area contributed by atoms with Gasteiger partial charge in [0.15, 0.2) is 5.75 Å². The highest BCUT2D eigenvalue weighted by molar-refractivity contribution is 5.66. The van der Waals surface area contributed by atoms with Crippen LogP contribution in [0.4, 0.5) is 18.9 Å². The zero-order chi connectivity index (χ0) is 14.9. The summed E-state index contributed by atoms with van der Waals surface area (Å²) in [6.45, 7) is 0.709. The van der Waals surface area contributed by atoms with Crippen molar-refractivity contribution < 1.29 is 17.9 Å². The number of ether oxygens (including phenoxy) is 1. The van der Waals surface area contributed by atoms with Crippen molar-refractivity contribution in [1.29, 1.82) is 0 Å². The van der Waals surface area contributed by atoms with Crippen LogP contribution < -0.4 is 10.1 Å². The first-order valence-corrected chi connectivity index (χ1v) is 7.65. The third kappa shape index (κ3) is 3.44. The Morgan fingerprint density at radius 1 is 1.14 bits per heavy atom. The zero-order valence-electron chi connectivity index (χ0n) is 11.9. The van der Waals surface area contributed by atoms with Gasteiger partial charge < -0.3 is 10.1 Å². The van der Waals surface area contributed by atoms with Gasteiger partial charge in [-0.2, -0.15) is 0 Å². The molecule has 21 heavy (non-hydrogen) atoms. The van der Waals surface area contributed by atoms with Gasteiger partial charge in [-0.25, -0.2) is 0 Å². The molecule has 0 spiro atoms. The Balaban J connectivity index is 1.68. The average molecular weight is 299 g/mol. The monoisotopic (exact) mass is 299 g/mol. The smallest absolute Gasteiger partial charge is 0.404 e. The molecule has 0 amide bonds. The van der Waals surface area contributed by atoms with E-state index in [2.05, 4.69) is 10.1 Å². The van der Waals surface area contributed by atoms with Crippen LogP contribution in [-0.2, 0) is 0 Å². The molecule has 1 N–H and O–H groups in total. The molecule has 116 valence electrons. The van der Waals surface area contributed by atoms with E-state index in [0.29, 0.717) is 18.2 Å². The lowest BCUT2D eigenvalue weighted by Crippen LogP contribution is -2.17. The number of anilines is 1. The summed E-state index contributed by atoms with van der Waals surface area (Å²) in [6.07, 6.45) is 2.85. The number of hydrogen-bond donors (Lipinski definition) is 1. The minimum atomic E-state index is -4.64. The SMILES string of the molecule is FC(F)(F)Oc1cccc2c1NCC2CCC1CCCC1. The zero-order valence-corrected chi connectivity index (χ0v) is 11.9. The van der Waals surface area contributed by atoms with E-state index in [0.717, 1.165) is 17.9 Å². The highest BCUT2D eigenvalue weighted by atomic mass is 19.4. The van der Waals surface area contributed by atoms with E-state index < -0.39 is 6.36 Å². The average Bonchev–Trinajstić information content (AvgIpc) is 3.04. The normalized spacial score (nSPS) is 22.1. The predicted octanol–water partition coefficient (Wildman–Crippen LogP) is 5.06. The number of hydrogen-bond acceptors (Lipinski definition) is 2. The van der Waals surface area contributed by atoms with Crippen molar-refractivity contribution in [3.05, 3.63) is 23.8 Å². The van der Waals surface area contributed by atoms with Crippen molar-refractivity contribution in [2.24, 2.45) is 5.92 Å². The molecular formula is C16H20F3NO. The first-order chi connectivity index (χ1) is 10.0. The highest BCUT2D eigenvalue weighted by Gasteiger charge is 2.34. The number of nitrogens with one attached hydrogen (secondary N) is 1. The number of alkyl halides is 3. The maximum absolute atomic E-state index is 12.4. The Morgan fingerprint density at radius 2 is 1.90 bits per heavy atom. The molecule has 0 bridgehead atoms. The minimum Gasteiger partial charge on any atom is -0.404 e. The molecule has 5 heteroatoms. The van der Waals surface area contributed by atoms with Crippen molar-refractivity contribution >= 4 is 5.69 Å². The van der Waals surface area contributed by atoms with Crippen molar-refractivity contribution in [1.82, 2.24) is 0 Å². The summed E-state index contributed by atoms with van der Waals surface area (Å²) in [5.41, 5.74) is 1.49. The van der Waals surface area contributed by atoms with E-state index >= 15 is 0 Å². The molecular weight excluding hydrogens is 279 g/mol. The number of rotatable bonds is 4. The summed E-state index contributed by atoms with van der Waals surface area (Å²) in [4.78, 5) is 0. The quantitative estimate of drug-likeness (QED) is 0.838. The second kappa shape index (κ2) is 5.78. The fraction of sp³-hybridized carbons (Fsp3) is 0.625. The van der Waals surface area contributed by atoms with E-state index in [1.165, 1.54) is 38.2 Å². The van der Waals surface area contributed by atoms with Crippen molar-refractivity contribution in [2.45, 2.75) is 50.8 Å². The van der Waals surface area contributed by atoms with E-state index in [-0.39, 0.29) is 5.75 Å². The van der Waals surface area contributed by atoms with Crippen molar-refractivity contribution in [3.8, 4) is 5.75 Å². The van der Waals surface area contributed by atoms with E-state index in [4.69, 9.17) is 0 Å². The van der Waals surface area contributed by atoms with Gasteiger partial charge in [0.2, 0.25) is 0 Å². The molecule has 3 rings (SSSR count). The lowest BCUT2D eigenvalue weighted by molar-refractivity contribution is -0.274. The van der Waals surface area contributed by atoms with Gasteiger partial charge in [0.05, 0.1) is 5.69 Å². The van der Waals surface area contributed by atoms with Crippen LogP contribution in [0.1, 0.15) is 50.0 Å². The maximum atomic E-state index is 12.4. The summed E-state index contributed by atoms with van der Waals surface area (Å²) in [6, 6.07) is 4.94. The molecule has 2 nitrogen and oxygen atoms in total. The van der Waals surface area contributed by atoms with Crippen LogP contribution in [0.15, 0.2) is 18.2 Å². The molecule has 1 aliphatic heterocycles. The number of benzene rings is 1. The second-order valence-corrected chi connectivity index (χ2v) is 6.07. The van der Waals surface area contributed by atoms with Gasteiger partial charge in [-0.05, 0) is 30.4 Å². The third-order valence-electron chi connectivity index (χ3n) is 4.65. The van der Waals surface area contributed by atoms with Gasteiger partial charge >= 0.3 is 6.36 Å². The third-order valence-corrected chi connectivity index (χ3v) is 4.65. The number of fused-ring (bicyclic) bond motifs is 1. The van der Waals surface area contributed by atoms with Crippen LogP contribution in [0.5, 0.6) is 5.75 Å². The summed E-state index contributed by atoms with van der Waals surface area (Å²) >= 11 is 0. The summed E-state index contributed by atoms with van der Waals surface area (Å²) < 4.78 is 41.3. The topological polar surface area (TPSA) is 21.3 Å². The van der Waals surface area contributed by atoms with Gasteiger partial charge in [0.25, 0.3) is 0 Å². The van der Waals surface area contributed by atoms with E-state index in [1.54, 1.807) is 6.07 Å². The molecule has 0 aromatic heterocycles. The van der Waals surface area contributed by atoms with Gasteiger partial charge in [0, 0.05) is 12.5 Å². The van der Waals surface area contributed by atoms with Gasteiger partial charge in [0.1, 0.15) is 0 Å². The standard InChI is InChI=1S/C16H20F3NO/c17-16(18,19)21-14-7-3-6-13-12(10-20-15(13)14)9-8-11-4-1-2-5-11/h3,6-7,11-12,20H,1-2,4-5,8-10H2. The Labute approximate surface area is 122 Å². The Bertz CT molecular complexity index is 495. The molecule has 0 saturated heterocycles. The van der Waals surface area contributed by atoms with Crippen LogP contribution in [0.25, 0.3) is 0 Å². The molecule has 1 fully saturated rings. The Morgan fingerprint density at radius 3 is 2.62 bits per heavy atom. The molecule has 0 radical (unpaired) electrons. The largest absolute Gasteiger partial charge is 0.573 e. The Kier molecular flexibility index (Phi) is 4.00. The highest BCUT2D eigenvalue weighted by Crippen LogP contribution is 2.43. The maximum Gasteiger partial charge on any atom is 0.573 e. The van der Waals surface area contributed by atoms with E-state index in [9.17, 15) is 13.2 Å². The second-order valence-electron chi connectivity index (χ2n) is 6.07. The van der Waals surface area contributed by atoms with Gasteiger partial charge in [-0.3, -0.25) is 0 Å². The van der Waals surface area contributed by atoms with Crippen LogP contribution in [0, 0.1) is 5.92 Å². The lowest BCUT2D eigenvalue weighted by atomic mass is 9.91. The fourth-order valence-electron chi connectivity index (χ4n) is 3.62. The summed E-state index contributed by atoms with van der Waals surface area (Å²) in [7, 11) is 0. The lowest BCUT2D eigenvalue weighted by Gasteiger charge is -2.15. The number of para-hydroxylation sites is 1. The van der Waals surface area contributed by atoms with Crippen LogP contribution in [0.2, 0.25) is 0 Å². The molecule has 1 aromatic carbocycles. The van der Waals surface area contributed by atoms with Gasteiger partial charge in [-0.1, -0.05) is 37.8 Å².